The molecule has 2 saturated carbocycles. The molecule has 0 spiro atoms. The molecule has 3 rings (SSSR count). The molecule has 4 atom stereocenters. The van der Waals surface area contributed by atoms with Gasteiger partial charge in [0.1, 0.15) is 5.60 Å². The summed E-state index contributed by atoms with van der Waals surface area (Å²) >= 11 is 0. The first-order valence-electron chi connectivity index (χ1n) is 8.52. The van der Waals surface area contributed by atoms with Crippen molar-refractivity contribution in [1.82, 2.24) is 0 Å². The molecule has 2 heteroatoms. The van der Waals surface area contributed by atoms with Crippen molar-refractivity contribution in [3.8, 4) is 0 Å². The quantitative estimate of drug-likeness (QED) is 0.546. The first-order chi connectivity index (χ1) is 9.62. The Kier molecular flexibility index (Phi) is 3.92. The fraction of sp³-hybridized carbons (Fsp3) is 0.833. The molecule has 0 aromatic heterocycles. The van der Waals surface area contributed by atoms with Crippen LogP contribution in [0.25, 0.3) is 0 Å². The summed E-state index contributed by atoms with van der Waals surface area (Å²) in [5.41, 5.74) is -0.120. The predicted molar refractivity (Wildman–Crippen MR) is 80.2 cm³/mol. The maximum atomic E-state index is 12.3. The minimum Gasteiger partial charge on any atom is -0.459 e. The van der Waals surface area contributed by atoms with E-state index in [1.165, 1.54) is 25.7 Å². The standard InChI is InChI=1S/C18H28O2/c1-3-18(8-4-5-9-18)20-17(19)10-13(2)16-12-14-6-7-15(16)11-14/h6-7,13-16H,3-5,8-12H2,1-2H3. The Morgan fingerprint density at radius 3 is 2.60 bits per heavy atom. The number of allylic oxidation sites excluding steroid dienone is 2. The summed E-state index contributed by atoms with van der Waals surface area (Å²) in [6, 6.07) is 0. The van der Waals surface area contributed by atoms with E-state index < -0.39 is 0 Å². The third kappa shape index (κ3) is 2.66. The highest BCUT2D eigenvalue weighted by Gasteiger charge is 2.40. The summed E-state index contributed by atoms with van der Waals surface area (Å²) in [7, 11) is 0. The first-order valence-corrected chi connectivity index (χ1v) is 8.52. The largest absolute Gasteiger partial charge is 0.459 e. The van der Waals surface area contributed by atoms with Crippen LogP contribution >= 0.6 is 0 Å². The smallest absolute Gasteiger partial charge is 0.306 e. The molecule has 2 nitrogen and oxygen atoms in total. The van der Waals surface area contributed by atoms with Crippen LogP contribution in [-0.4, -0.2) is 11.6 Å². The van der Waals surface area contributed by atoms with Crippen LogP contribution in [0.4, 0.5) is 0 Å². The van der Waals surface area contributed by atoms with Crippen LogP contribution in [0.3, 0.4) is 0 Å². The van der Waals surface area contributed by atoms with Gasteiger partial charge >= 0.3 is 5.97 Å². The number of carbonyl (C=O) groups is 1. The van der Waals surface area contributed by atoms with Gasteiger partial charge in [-0.3, -0.25) is 4.79 Å². The summed E-state index contributed by atoms with van der Waals surface area (Å²) in [5, 5.41) is 0. The molecule has 2 fully saturated rings. The van der Waals surface area contributed by atoms with Gasteiger partial charge in [-0.2, -0.15) is 0 Å². The summed E-state index contributed by atoms with van der Waals surface area (Å²) in [5.74, 6) is 2.75. The Hall–Kier alpha value is -0.790. The molecule has 0 aliphatic heterocycles. The lowest BCUT2D eigenvalue weighted by molar-refractivity contribution is -0.161. The fourth-order valence-corrected chi connectivity index (χ4v) is 4.72. The molecule has 4 unspecified atom stereocenters. The highest BCUT2D eigenvalue weighted by molar-refractivity contribution is 5.70. The van der Waals surface area contributed by atoms with Crippen LogP contribution in [0.5, 0.6) is 0 Å². The third-order valence-corrected chi connectivity index (χ3v) is 6.04. The molecule has 0 N–H and O–H groups in total. The maximum Gasteiger partial charge on any atom is 0.306 e. The van der Waals surface area contributed by atoms with Crippen molar-refractivity contribution in [3.05, 3.63) is 12.2 Å². The molecule has 112 valence electrons. The summed E-state index contributed by atoms with van der Waals surface area (Å²) in [6.45, 7) is 4.40. The Labute approximate surface area is 123 Å². The van der Waals surface area contributed by atoms with Crippen LogP contribution < -0.4 is 0 Å². The topological polar surface area (TPSA) is 26.3 Å². The van der Waals surface area contributed by atoms with E-state index in [2.05, 4.69) is 26.0 Å². The average molecular weight is 276 g/mol. The predicted octanol–water partition coefficient (Wildman–Crippen LogP) is 4.49. The van der Waals surface area contributed by atoms with Gasteiger partial charge < -0.3 is 4.74 Å². The zero-order chi connectivity index (χ0) is 14.2. The second-order valence-electron chi connectivity index (χ2n) is 7.34. The van der Waals surface area contributed by atoms with Gasteiger partial charge in [0.05, 0.1) is 0 Å². The molecule has 2 bridgehead atoms. The van der Waals surface area contributed by atoms with Gasteiger partial charge in [0.25, 0.3) is 0 Å². The number of esters is 1. The van der Waals surface area contributed by atoms with Crippen molar-refractivity contribution in [3.63, 3.8) is 0 Å². The minimum absolute atomic E-state index is 0.0491. The summed E-state index contributed by atoms with van der Waals surface area (Å²) in [4.78, 5) is 12.3. The van der Waals surface area contributed by atoms with Gasteiger partial charge in [0.15, 0.2) is 0 Å². The average Bonchev–Trinajstić information content (AvgIpc) is 3.14. The number of ether oxygens (including phenoxy) is 1. The van der Waals surface area contributed by atoms with Crippen LogP contribution in [0.15, 0.2) is 12.2 Å². The molecule has 3 aliphatic carbocycles. The number of rotatable bonds is 5. The van der Waals surface area contributed by atoms with Gasteiger partial charge in [0, 0.05) is 6.42 Å². The van der Waals surface area contributed by atoms with Crippen molar-refractivity contribution in [1.29, 1.82) is 0 Å². The Bertz CT molecular complexity index is 392. The maximum absolute atomic E-state index is 12.3. The lowest BCUT2D eigenvalue weighted by Gasteiger charge is -2.30. The number of hydrogen-bond acceptors (Lipinski definition) is 2. The Balaban J connectivity index is 1.52. The molecule has 20 heavy (non-hydrogen) atoms. The molecular formula is C18H28O2. The lowest BCUT2D eigenvalue weighted by atomic mass is 9.81. The van der Waals surface area contributed by atoms with Gasteiger partial charge in [-0.1, -0.05) is 26.0 Å². The first kappa shape index (κ1) is 14.2. The molecule has 0 radical (unpaired) electrons. The van der Waals surface area contributed by atoms with E-state index in [1.807, 2.05) is 0 Å². The highest BCUT2D eigenvalue weighted by Crippen LogP contribution is 2.47. The van der Waals surface area contributed by atoms with E-state index in [0.717, 1.165) is 31.1 Å². The normalized spacial score (nSPS) is 35.4. The zero-order valence-electron chi connectivity index (χ0n) is 12.9. The van der Waals surface area contributed by atoms with Crippen molar-refractivity contribution in [2.75, 3.05) is 0 Å². The van der Waals surface area contributed by atoms with Crippen molar-refractivity contribution < 1.29 is 9.53 Å². The van der Waals surface area contributed by atoms with Crippen molar-refractivity contribution in [2.45, 2.75) is 70.8 Å². The Morgan fingerprint density at radius 1 is 1.30 bits per heavy atom. The number of carbonyl (C=O) groups excluding carboxylic acids is 1. The molecule has 0 saturated heterocycles. The molecular weight excluding hydrogens is 248 g/mol. The monoisotopic (exact) mass is 276 g/mol. The summed E-state index contributed by atoms with van der Waals surface area (Å²) in [6.07, 6.45) is 13.5. The highest BCUT2D eigenvalue weighted by atomic mass is 16.6. The molecule has 0 aromatic rings. The van der Waals surface area contributed by atoms with Crippen LogP contribution in [-0.2, 0) is 9.53 Å². The van der Waals surface area contributed by atoms with E-state index in [-0.39, 0.29) is 11.6 Å². The van der Waals surface area contributed by atoms with Crippen LogP contribution in [0, 0.1) is 23.7 Å². The molecule has 3 aliphatic rings. The van der Waals surface area contributed by atoms with Gasteiger partial charge in [-0.05, 0) is 68.6 Å². The van der Waals surface area contributed by atoms with Gasteiger partial charge in [-0.15, -0.1) is 0 Å². The lowest BCUT2D eigenvalue weighted by Crippen LogP contribution is -2.32. The van der Waals surface area contributed by atoms with Gasteiger partial charge in [0.2, 0.25) is 0 Å². The minimum atomic E-state index is -0.120. The number of hydrogen-bond donors (Lipinski definition) is 0. The van der Waals surface area contributed by atoms with E-state index in [9.17, 15) is 4.79 Å². The molecule has 0 aromatic carbocycles. The van der Waals surface area contributed by atoms with E-state index in [1.54, 1.807) is 0 Å². The van der Waals surface area contributed by atoms with Crippen LogP contribution in [0.2, 0.25) is 0 Å². The van der Waals surface area contributed by atoms with E-state index >= 15 is 0 Å². The van der Waals surface area contributed by atoms with E-state index in [0.29, 0.717) is 18.3 Å². The van der Waals surface area contributed by atoms with Crippen molar-refractivity contribution >= 4 is 5.97 Å². The fourth-order valence-electron chi connectivity index (χ4n) is 4.72. The zero-order valence-corrected chi connectivity index (χ0v) is 12.9. The summed E-state index contributed by atoms with van der Waals surface area (Å²) < 4.78 is 5.90. The van der Waals surface area contributed by atoms with Crippen LogP contribution in [0.1, 0.15) is 65.2 Å². The second-order valence-corrected chi connectivity index (χ2v) is 7.34. The number of fused-ring (bicyclic) bond motifs is 2. The van der Waals surface area contributed by atoms with E-state index in [4.69, 9.17) is 4.74 Å². The molecule has 0 heterocycles. The van der Waals surface area contributed by atoms with Gasteiger partial charge in [-0.25, -0.2) is 0 Å². The SMILES string of the molecule is CCC1(OC(=O)CC(C)C2CC3C=CC2C3)CCCC1. The molecule has 0 amide bonds. The third-order valence-electron chi connectivity index (χ3n) is 6.04. The Morgan fingerprint density at radius 2 is 2.05 bits per heavy atom. The van der Waals surface area contributed by atoms with Crippen molar-refractivity contribution in [2.24, 2.45) is 23.7 Å². The second kappa shape index (κ2) is 5.54.